The number of aromatic nitrogens is 1. The van der Waals surface area contributed by atoms with Crippen LogP contribution in [0.2, 0.25) is 0 Å². The molecule has 2 heterocycles. The lowest BCUT2D eigenvalue weighted by molar-refractivity contribution is -0.132. The summed E-state index contributed by atoms with van der Waals surface area (Å²) in [5, 5.41) is 2.83. The van der Waals surface area contributed by atoms with Gasteiger partial charge in [0.2, 0.25) is 5.91 Å². The molecule has 33 heavy (non-hydrogen) atoms. The Hall–Kier alpha value is -3.74. The topological polar surface area (TPSA) is 88.3 Å². The zero-order chi connectivity index (χ0) is 23.5. The molecule has 170 valence electrons. The summed E-state index contributed by atoms with van der Waals surface area (Å²) in [7, 11) is 1.80. The molecular formula is C26H27FN4O2. The predicted molar refractivity (Wildman–Crippen MR) is 126 cm³/mol. The second-order valence-electron chi connectivity index (χ2n) is 8.51. The van der Waals surface area contributed by atoms with E-state index in [1.165, 1.54) is 12.1 Å². The van der Waals surface area contributed by atoms with Crippen LogP contribution in [0.15, 0.2) is 60.8 Å². The van der Waals surface area contributed by atoms with Gasteiger partial charge in [-0.1, -0.05) is 36.4 Å². The van der Waals surface area contributed by atoms with Crippen LogP contribution in [0.3, 0.4) is 0 Å². The number of nitrogens with one attached hydrogen (secondary N) is 1. The molecule has 1 aliphatic heterocycles. The number of pyridine rings is 1. The van der Waals surface area contributed by atoms with Gasteiger partial charge in [-0.3, -0.25) is 9.59 Å². The molecule has 0 bridgehead atoms. The molecule has 1 aromatic heterocycles. The van der Waals surface area contributed by atoms with E-state index in [4.69, 9.17) is 5.73 Å². The van der Waals surface area contributed by atoms with E-state index in [9.17, 15) is 14.0 Å². The number of likely N-dealkylation sites (tertiary alicyclic amines) is 1. The van der Waals surface area contributed by atoms with Crippen molar-refractivity contribution in [1.29, 1.82) is 0 Å². The smallest absolute Gasteiger partial charge is 0.254 e. The third kappa shape index (κ3) is 4.87. The third-order valence-electron chi connectivity index (χ3n) is 6.24. The maximum absolute atomic E-state index is 14.9. The van der Waals surface area contributed by atoms with E-state index in [2.05, 4.69) is 10.3 Å². The van der Waals surface area contributed by atoms with Crippen LogP contribution in [0.1, 0.15) is 53.2 Å². The van der Waals surface area contributed by atoms with Crippen LogP contribution in [-0.4, -0.2) is 35.3 Å². The van der Waals surface area contributed by atoms with Crippen LogP contribution in [0, 0.1) is 5.82 Å². The van der Waals surface area contributed by atoms with Crippen LogP contribution >= 0.6 is 0 Å². The average Bonchev–Trinajstić information content (AvgIpc) is 2.81. The number of piperidine rings is 1. The molecule has 1 saturated heterocycles. The van der Waals surface area contributed by atoms with Gasteiger partial charge in [-0.25, -0.2) is 9.37 Å². The molecule has 0 unspecified atom stereocenters. The van der Waals surface area contributed by atoms with Crippen molar-refractivity contribution < 1.29 is 14.0 Å². The van der Waals surface area contributed by atoms with E-state index < -0.39 is 11.7 Å². The van der Waals surface area contributed by atoms with Gasteiger partial charge in [0.15, 0.2) is 0 Å². The SMILES string of the molecule is C[C@@H](NC(=O)c1ccc(-c2cc([C@@H]3CCN(C)C(=O)C3)cnc2N)cc1F)c1ccccc1. The summed E-state index contributed by atoms with van der Waals surface area (Å²) in [4.78, 5) is 30.8. The van der Waals surface area contributed by atoms with Crippen molar-refractivity contribution in [3.63, 3.8) is 0 Å². The number of nitrogens with two attached hydrogens (primary N) is 1. The Morgan fingerprint density at radius 2 is 1.97 bits per heavy atom. The Balaban J connectivity index is 1.55. The largest absolute Gasteiger partial charge is 0.383 e. The van der Waals surface area contributed by atoms with E-state index in [-0.39, 0.29) is 29.2 Å². The highest BCUT2D eigenvalue weighted by Crippen LogP contribution is 2.33. The van der Waals surface area contributed by atoms with Crippen molar-refractivity contribution in [2.24, 2.45) is 0 Å². The zero-order valence-corrected chi connectivity index (χ0v) is 18.7. The Bertz CT molecular complexity index is 1180. The van der Waals surface area contributed by atoms with E-state index in [0.29, 0.717) is 24.1 Å². The van der Waals surface area contributed by atoms with E-state index in [0.717, 1.165) is 17.5 Å². The van der Waals surface area contributed by atoms with E-state index in [1.807, 2.05) is 43.3 Å². The molecule has 3 N–H and O–H groups in total. The summed E-state index contributed by atoms with van der Waals surface area (Å²) in [6, 6.07) is 15.5. The Morgan fingerprint density at radius 3 is 2.67 bits per heavy atom. The van der Waals surface area contributed by atoms with Gasteiger partial charge in [0.1, 0.15) is 11.6 Å². The summed E-state index contributed by atoms with van der Waals surface area (Å²) in [5.41, 5.74) is 9.01. The highest BCUT2D eigenvalue weighted by atomic mass is 19.1. The van der Waals surface area contributed by atoms with Gasteiger partial charge in [-0.05, 0) is 54.2 Å². The Morgan fingerprint density at radius 1 is 1.21 bits per heavy atom. The molecule has 0 radical (unpaired) electrons. The van der Waals surface area contributed by atoms with Crippen molar-refractivity contribution in [3.8, 4) is 11.1 Å². The summed E-state index contributed by atoms with van der Waals surface area (Å²) in [6.07, 6.45) is 2.93. The quantitative estimate of drug-likeness (QED) is 0.612. The van der Waals surface area contributed by atoms with Gasteiger partial charge < -0.3 is 16.0 Å². The second-order valence-corrected chi connectivity index (χ2v) is 8.51. The second kappa shape index (κ2) is 9.40. The number of carbonyl (C=O) groups is 2. The third-order valence-corrected chi connectivity index (χ3v) is 6.24. The van der Waals surface area contributed by atoms with Gasteiger partial charge in [0.05, 0.1) is 11.6 Å². The number of nitrogens with zero attached hydrogens (tertiary/aromatic N) is 2. The summed E-state index contributed by atoms with van der Waals surface area (Å²) in [5.74, 6) is -0.706. The van der Waals surface area contributed by atoms with Gasteiger partial charge in [0, 0.05) is 31.8 Å². The summed E-state index contributed by atoms with van der Waals surface area (Å²) < 4.78 is 14.9. The van der Waals surface area contributed by atoms with Gasteiger partial charge in [0.25, 0.3) is 5.91 Å². The first-order valence-electron chi connectivity index (χ1n) is 11.0. The zero-order valence-electron chi connectivity index (χ0n) is 18.7. The van der Waals surface area contributed by atoms with Crippen LogP contribution in [-0.2, 0) is 4.79 Å². The van der Waals surface area contributed by atoms with E-state index >= 15 is 0 Å². The number of benzene rings is 2. The lowest BCUT2D eigenvalue weighted by Crippen LogP contribution is -2.34. The maximum Gasteiger partial charge on any atom is 0.254 e. The minimum Gasteiger partial charge on any atom is -0.383 e. The molecule has 0 saturated carbocycles. The molecule has 0 aliphatic carbocycles. The number of rotatable bonds is 5. The van der Waals surface area contributed by atoms with Crippen molar-refractivity contribution in [2.45, 2.75) is 31.7 Å². The predicted octanol–water partition coefficient (Wildman–Crippen LogP) is 4.30. The average molecular weight is 447 g/mol. The van der Waals surface area contributed by atoms with Crippen molar-refractivity contribution in [1.82, 2.24) is 15.2 Å². The summed E-state index contributed by atoms with van der Waals surface area (Å²) >= 11 is 0. The van der Waals surface area contributed by atoms with Crippen LogP contribution < -0.4 is 11.1 Å². The number of amides is 2. The summed E-state index contributed by atoms with van der Waals surface area (Å²) in [6.45, 7) is 2.54. The molecule has 3 aromatic rings. The van der Waals surface area contributed by atoms with Crippen LogP contribution in [0.4, 0.5) is 10.2 Å². The van der Waals surface area contributed by atoms with Crippen LogP contribution in [0.25, 0.3) is 11.1 Å². The molecule has 0 spiro atoms. The molecule has 4 rings (SSSR count). The number of hydrogen-bond donors (Lipinski definition) is 2. The monoisotopic (exact) mass is 446 g/mol. The maximum atomic E-state index is 14.9. The molecule has 1 aliphatic rings. The lowest BCUT2D eigenvalue weighted by atomic mass is 9.88. The van der Waals surface area contributed by atoms with Crippen LogP contribution in [0.5, 0.6) is 0 Å². The van der Waals surface area contributed by atoms with Gasteiger partial charge in [-0.2, -0.15) is 0 Å². The van der Waals surface area contributed by atoms with Gasteiger partial charge >= 0.3 is 0 Å². The number of nitrogen functional groups attached to an aromatic ring is 1. The van der Waals surface area contributed by atoms with E-state index in [1.54, 1.807) is 24.2 Å². The molecule has 2 aromatic carbocycles. The molecule has 2 amide bonds. The number of carbonyl (C=O) groups excluding carboxylic acids is 2. The first kappa shape index (κ1) is 22.5. The fourth-order valence-corrected chi connectivity index (χ4v) is 4.14. The molecule has 1 fully saturated rings. The van der Waals surface area contributed by atoms with Crippen molar-refractivity contribution in [3.05, 3.63) is 83.3 Å². The van der Waals surface area contributed by atoms with Crippen molar-refractivity contribution in [2.75, 3.05) is 19.3 Å². The first-order valence-corrected chi connectivity index (χ1v) is 11.0. The lowest BCUT2D eigenvalue weighted by Gasteiger charge is -2.29. The fourth-order valence-electron chi connectivity index (χ4n) is 4.14. The number of anilines is 1. The number of halogens is 1. The minimum atomic E-state index is -0.635. The Kier molecular flexibility index (Phi) is 6.40. The standard InChI is InChI=1S/C26H27FN4O2/c1-16(17-6-4-3-5-7-17)30-26(33)21-9-8-19(13-23(21)27)22-12-20(15-29-25(22)28)18-10-11-31(2)24(32)14-18/h3-9,12-13,15-16,18H,10-11,14H2,1-2H3,(H2,28,29)(H,30,33)/t16-,18-/m1/s1. The highest BCUT2D eigenvalue weighted by Gasteiger charge is 2.25. The minimum absolute atomic E-state index is 0.0369. The Labute approximate surface area is 192 Å². The molecule has 7 heteroatoms. The number of hydrogen-bond acceptors (Lipinski definition) is 4. The highest BCUT2D eigenvalue weighted by molar-refractivity contribution is 5.95. The molecule has 6 nitrogen and oxygen atoms in total. The molecular weight excluding hydrogens is 419 g/mol. The van der Waals surface area contributed by atoms with Gasteiger partial charge in [-0.15, -0.1) is 0 Å². The normalized spacial score (nSPS) is 17.0. The van der Waals surface area contributed by atoms with Crippen molar-refractivity contribution >= 4 is 17.6 Å². The fraction of sp³-hybridized carbons (Fsp3) is 0.269. The molecule has 2 atom stereocenters. The first-order chi connectivity index (χ1) is 15.8.